The van der Waals surface area contributed by atoms with Crippen molar-refractivity contribution in [3.63, 3.8) is 0 Å². The van der Waals surface area contributed by atoms with Gasteiger partial charge in [-0.2, -0.15) is 0 Å². The molecular weight excluding hydrogens is 472 g/mol. The second-order valence-corrected chi connectivity index (χ2v) is 9.16. The van der Waals surface area contributed by atoms with Gasteiger partial charge in [0.05, 0.1) is 22.3 Å². The number of benzene rings is 3. The Hall–Kier alpha value is -4.79. The van der Waals surface area contributed by atoms with Gasteiger partial charge in [0.15, 0.2) is 0 Å². The first-order valence-electron chi connectivity index (χ1n) is 11.8. The molecule has 0 spiro atoms. The van der Waals surface area contributed by atoms with E-state index in [1.807, 2.05) is 43.3 Å². The van der Waals surface area contributed by atoms with Crippen molar-refractivity contribution in [2.75, 3.05) is 11.4 Å². The molecule has 0 unspecified atom stereocenters. The van der Waals surface area contributed by atoms with Gasteiger partial charge in [-0.05, 0) is 44.0 Å². The first-order valence-corrected chi connectivity index (χ1v) is 11.8. The average Bonchev–Trinajstić information content (AvgIpc) is 3.24. The molecule has 1 amide bonds. The van der Waals surface area contributed by atoms with Crippen LogP contribution in [0, 0.1) is 13.8 Å². The summed E-state index contributed by atoms with van der Waals surface area (Å²) in [4.78, 5) is 49.9. The zero-order valence-corrected chi connectivity index (χ0v) is 20.1. The van der Waals surface area contributed by atoms with Crippen LogP contribution in [0.25, 0.3) is 10.9 Å². The van der Waals surface area contributed by atoms with Crippen LogP contribution in [0.15, 0.2) is 70.5 Å². The summed E-state index contributed by atoms with van der Waals surface area (Å²) >= 11 is 0. The zero-order chi connectivity index (χ0) is 25.8. The third kappa shape index (κ3) is 3.67. The molecule has 184 valence electrons. The minimum atomic E-state index is -1.46. The van der Waals surface area contributed by atoms with E-state index in [0.717, 1.165) is 34.4 Å². The Kier molecular flexibility index (Phi) is 5.15. The quantitative estimate of drug-likeness (QED) is 0.340. The standard InChI is InChI=1S/C28H22N4O5/c1-15-12-18-10-11-31-24(18)21(13-15)23(17-6-4-3-5-7-17)30-25(27(31)34)32-16(2)29-22-14-19(37-28(35)36)8-9-20(22)26(32)33/h3-9,12-14,25H,10-11H2,1-2H3,(H,35,36)/t25-/m1/s1. The van der Waals surface area contributed by atoms with Crippen molar-refractivity contribution in [2.24, 2.45) is 4.99 Å². The van der Waals surface area contributed by atoms with E-state index in [1.165, 1.54) is 22.8 Å². The molecule has 37 heavy (non-hydrogen) atoms. The molecule has 6 rings (SSSR count). The maximum atomic E-state index is 14.0. The predicted molar refractivity (Wildman–Crippen MR) is 138 cm³/mol. The van der Waals surface area contributed by atoms with E-state index in [9.17, 15) is 14.4 Å². The molecule has 3 aromatic carbocycles. The van der Waals surface area contributed by atoms with Crippen molar-refractivity contribution in [3.05, 3.63) is 99.1 Å². The number of hydrogen-bond acceptors (Lipinski definition) is 6. The largest absolute Gasteiger partial charge is 0.511 e. The number of amides is 1. The van der Waals surface area contributed by atoms with Crippen LogP contribution >= 0.6 is 0 Å². The van der Waals surface area contributed by atoms with E-state index in [4.69, 9.17) is 14.8 Å². The second-order valence-electron chi connectivity index (χ2n) is 9.16. The lowest BCUT2D eigenvalue weighted by molar-refractivity contribution is -0.121. The summed E-state index contributed by atoms with van der Waals surface area (Å²) in [5.41, 5.74) is 5.18. The van der Waals surface area contributed by atoms with Gasteiger partial charge >= 0.3 is 6.16 Å². The summed E-state index contributed by atoms with van der Waals surface area (Å²) in [5, 5.41) is 9.14. The van der Waals surface area contributed by atoms with Gasteiger partial charge < -0.3 is 14.7 Å². The van der Waals surface area contributed by atoms with Gasteiger partial charge in [-0.25, -0.2) is 14.8 Å². The Morgan fingerprint density at radius 1 is 1.05 bits per heavy atom. The fourth-order valence-electron chi connectivity index (χ4n) is 5.23. The van der Waals surface area contributed by atoms with Crippen molar-refractivity contribution in [1.82, 2.24) is 9.55 Å². The lowest BCUT2D eigenvalue weighted by Gasteiger charge is -2.23. The first-order chi connectivity index (χ1) is 17.8. The molecular formula is C28H22N4O5. The number of nitrogens with zero attached hydrogens (tertiary/aromatic N) is 4. The molecule has 0 radical (unpaired) electrons. The van der Waals surface area contributed by atoms with Crippen LogP contribution in [-0.4, -0.2) is 39.0 Å². The van der Waals surface area contributed by atoms with Crippen LogP contribution in [-0.2, 0) is 11.2 Å². The Morgan fingerprint density at radius 3 is 2.59 bits per heavy atom. The number of carbonyl (C=O) groups is 2. The van der Waals surface area contributed by atoms with Crippen molar-refractivity contribution in [3.8, 4) is 5.75 Å². The fraction of sp³-hybridized carbons (Fsp3) is 0.179. The molecule has 2 aliphatic rings. The lowest BCUT2D eigenvalue weighted by Crippen LogP contribution is -2.39. The molecule has 0 bridgehead atoms. The van der Waals surface area contributed by atoms with Crippen molar-refractivity contribution in [2.45, 2.75) is 26.4 Å². The molecule has 1 N–H and O–H groups in total. The summed E-state index contributed by atoms with van der Waals surface area (Å²) in [6.07, 6.45) is -1.90. The summed E-state index contributed by atoms with van der Waals surface area (Å²) in [6, 6.07) is 18.0. The minimum Gasteiger partial charge on any atom is -0.449 e. The number of aromatic nitrogens is 2. The molecule has 1 atom stereocenters. The van der Waals surface area contributed by atoms with Gasteiger partial charge in [0.2, 0.25) is 6.17 Å². The highest BCUT2D eigenvalue weighted by Gasteiger charge is 2.38. The molecule has 4 aromatic rings. The Balaban J connectivity index is 1.59. The zero-order valence-electron chi connectivity index (χ0n) is 20.1. The molecule has 9 heteroatoms. The summed E-state index contributed by atoms with van der Waals surface area (Å²) in [7, 11) is 0. The third-order valence-corrected chi connectivity index (χ3v) is 6.75. The van der Waals surface area contributed by atoms with E-state index in [2.05, 4.69) is 11.1 Å². The van der Waals surface area contributed by atoms with Crippen LogP contribution in [0.5, 0.6) is 5.75 Å². The molecule has 0 saturated heterocycles. The Labute approximate surface area is 211 Å². The number of rotatable bonds is 3. The van der Waals surface area contributed by atoms with Crippen molar-refractivity contribution in [1.29, 1.82) is 0 Å². The topological polar surface area (TPSA) is 114 Å². The number of fused-ring (bicyclic) bond motifs is 1. The number of anilines is 1. The van der Waals surface area contributed by atoms with E-state index in [0.29, 0.717) is 12.3 Å². The van der Waals surface area contributed by atoms with Gasteiger partial charge in [-0.15, -0.1) is 0 Å². The predicted octanol–water partition coefficient (Wildman–Crippen LogP) is 4.01. The molecule has 0 aliphatic carbocycles. The van der Waals surface area contributed by atoms with E-state index >= 15 is 0 Å². The smallest absolute Gasteiger partial charge is 0.449 e. The monoisotopic (exact) mass is 494 g/mol. The van der Waals surface area contributed by atoms with Gasteiger partial charge in [0.1, 0.15) is 11.6 Å². The van der Waals surface area contributed by atoms with E-state index < -0.39 is 17.9 Å². The second kappa shape index (κ2) is 8.41. The van der Waals surface area contributed by atoms with Crippen LogP contribution < -0.4 is 15.2 Å². The summed E-state index contributed by atoms with van der Waals surface area (Å²) < 4.78 is 6.03. The number of carbonyl (C=O) groups excluding carboxylic acids is 1. The molecule has 3 heterocycles. The Bertz CT molecular complexity index is 1710. The number of aryl methyl sites for hydroxylation is 2. The van der Waals surface area contributed by atoms with Crippen molar-refractivity contribution < 1.29 is 19.4 Å². The van der Waals surface area contributed by atoms with E-state index in [1.54, 1.807) is 11.8 Å². The lowest BCUT2D eigenvalue weighted by atomic mass is 9.96. The maximum absolute atomic E-state index is 14.0. The molecule has 9 nitrogen and oxygen atoms in total. The molecule has 0 fully saturated rings. The average molecular weight is 495 g/mol. The van der Waals surface area contributed by atoms with Gasteiger partial charge in [0, 0.05) is 23.7 Å². The summed E-state index contributed by atoms with van der Waals surface area (Å²) in [6.45, 7) is 4.16. The first kappa shape index (κ1) is 22.7. The highest BCUT2D eigenvalue weighted by molar-refractivity contribution is 6.20. The molecule has 0 saturated carbocycles. The third-order valence-electron chi connectivity index (χ3n) is 6.75. The summed E-state index contributed by atoms with van der Waals surface area (Å²) in [5.74, 6) is 0.0300. The normalized spacial score (nSPS) is 16.4. The van der Waals surface area contributed by atoms with Crippen LogP contribution in [0.4, 0.5) is 10.5 Å². The van der Waals surface area contributed by atoms with Gasteiger partial charge in [-0.1, -0.05) is 42.0 Å². The molecule has 2 aliphatic heterocycles. The highest BCUT2D eigenvalue weighted by atomic mass is 16.7. The van der Waals surface area contributed by atoms with Crippen molar-refractivity contribution >= 4 is 34.4 Å². The number of hydrogen-bond donors (Lipinski definition) is 1. The number of ether oxygens (including phenoxy) is 1. The molecule has 1 aromatic heterocycles. The highest BCUT2D eigenvalue weighted by Crippen LogP contribution is 2.39. The van der Waals surface area contributed by atoms with Crippen LogP contribution in [0.2, 0.25) is 0 Å². The SMILES string of the molecule is Cc1cc2c3c(c1)C(c1ccccc1)=N[C@H](n1c(C)nc4cc(OC(=O)O)ccc4c1=O)C(=O)N3CC2. The van der Waals surface area contributed by atoms with Gasteiger partial charge in [0.25, 0.3) is 11.5 Å². The Morgan fingerprint density at radius 2 is 1.84 bits per heavy atom. The number of aliphatic imine (C=N–C) groups is 1. The fourth-order valence-corrected chi connectivity index (χ4v) is 5.23. The van der Waals surface area contributed by atoms with Crippen LogP contribution in [0.1, 0.15) is 34.2 Å². The van der Waals surface area contributed by atoms with Crippen LogP contribution in [0.3, 0.4) is 0 Å². The van der Waals surface area contributed by atoms with Gasteiger partial charge in [-0.3, -0.25) is 14.2 Å². The van der Waals surface area contributed by atoms with E-state index in [-0.39, 0.29) is 28.4 Å². The maximum Gasteiger partial charge on any atom is 0.511 e. The number of carboxylic acid groups (broad SMARTS) is 1. The minimum absolute atomic E-state index is 0.0504.